The maximum atomic E-state index is 13.0. The Morgan fingerprint density at radius 3 is 2.18 bits per heavy atom. The van der Waals surface area contributed by atoms with Gasteiger partial charge in [-0.15, -0.1) is 4.98 Å². The van der Waals surface area contributed by atoms with Crippen LogP contribution in [0, 0.1) is 12.5 Å². The molecule has 0 N–H and O–H groups in total. The number of rotatable bonds is 1. The molecule has 120 valence electrons. The van der Waals surface area contributed by atoms with E-state index in [1.54, 1.807) is 0 Å². The molecule has 0 unspecified atom stereocenters. The van der Waals surface area contributed by atoms with Gasteiger partial charge in [0.1, 0.15) is 11.8 Å². The number of hydrogen-bond acceptors (Lipinski definition) is 2. The van der Waals surface area contributed by atoms with Crippen LogP contribution in [-0.4, -0.2) is 24.2 Å². The van der Waals surface area contributed by atoms with Crippen molar-refractivity contribution in [1.82, 2.24) is 4.98 Å². The predicted octanol–water partition coefficient (Wildman–Crippen LogP) is 4.43. The Balaban J connectivity index is 2.28. The van der Waals surface area contributed by atoms with Gasteiger partial charge >= 0.3 is 12.4 Å². The molecule has 1 aromatic heterocycles. The van der Waals surface area contributed by atoms with Crippen LogP contribution in [0.5, 0.6) is 0 Å². The van der Waals surface area contributed by atoms with Gasteiger partial charge in [-0.1, -0.05) is 6.57 Å². The molecule has 22 heavy (non-hydrogen) atoms. The van der Waals surface area contributed by atoms with E-state index >= 15 is 0 Å². The monoisotopic (exact) mass is 323 g/mol. The first-order valence-electron chi connectivity index (χ1n) is 6.39. The molecular weight excluding hydrogens is 312 g/mol. The van der Waals surface area contributed by atoms with Gasteiger partial charge in [0.15, 0.2) is 0 Å². The smallest absolute Gasteiger partial charge is 0.372 e. The molecule has 0 aliphatic carbocycles. The van der Waals surface area contributed by atoms with Crippen molar-refractivity contribution in [2.45, 2.75) is 25.2 Å². The normalized spacial score (nSPS) is 17.4. The molecule has 0 aromatic carbocycles. The predicted molar refractivity (Wildman–Crippen MR) is 66.5 cm³/mol. The molecule has 0 radical (unpaired) electrons. The van der Waals surface area contributed by atoms with E-state index in [2.05, 4.69) is 9.83 Å². The fourth-order valence-corrected chi connectivity index (χ4v) is 2.42. The Morgan fingerprint density at radius 1 is 1.14 bits per heavy atom. The van der Waals surface area contributed by atoms with Crippen LogP contribution in [0.25, 0.3) is 4.85 Å². The van der Waals surface area contributed by atoms with Crippen molar-refractivity contribution in [2.24, 2.45) is 5.92 Å². The number of halogens is 6. The number of hydrogen-bond donors (Lipinski definition) is 0. The summed E-state index contributed by atoms with van der Waals surface area (Å²) in [5.41, 5.74) is -1.32. The molecule has 1 aliphatic rings. The van der Waals surface area contributed by atoms with Gasteiger partial charge in [0, 0.05) is 18.8 Å². The molecular formula is C13H11F6N3. The Bertz CT molecular complexity index is 579. The van der Waals surface area contributed by atoms with E-state index in [4.69, 9.17) is 6.57 Å². The van der Waals surface area contributed by atoms with Crippen LogP contribution in [0.3, 0.4) is 0 Å². The molecule has 0 saturated carbocycles. The lowest BCUT2D eigenvalue weighted by Gasteiger charge is -2.35. The third kappa shape index (κ3) is 3.43. The van der Waals surface area contributed by atoms with E-state index in [-0.39, 0.29) is 37.4 Å². The van der Waals surface area contributed by atoms with E-state index in [0.29, 0.717) is 6.20 Å². The summed E-state index contributed by atoms with van der Waals surface area (Å²) >= 11 is 0. The lowest BCUT2D eigenvalue weighted by molar-refractivity contribution is -0.179. The zero-order valence-electron chi connectivity index (χ0n) is 11.2. The Hall–Kier alpha value is -1.98. The maximum absolute atomic E-state index is 13.0. The Morgan fingerprint density at radius 2 is 1.73 bits per heavy atom. The van der Waals surface area contributed by atoms with Crippen molar-refractivity contribution in [3.8, 4) is 0 Å². The van der Waals surface area contributed by atoms with Gasteiger partial charge in [0.2, 0.25) is 0 Å². The van der Waals surface area contributed by atoms with E-state index < -0.39 is 23.8 Å². The number of anilines is 1. The second-order valence-corrected chi connectivity index (χ2v) is 4.97. The molecule has 0 bridgehead atoms. The van der Waals surface area contributed by atoms with Crippen LogP contribution < -0.4 is 4.90 Å². The highest BCUT2D eigenvalue weighted by molar-refractivity contribution is 5.60. The topological polar surface area (TPSA) is 20.5 Å². The van der Waals surface area contributed by atoms with Crippen molar-refractivity contribution >= 4 is 11.5 Å². The summed E-state index contributed by atoms with van der Waals surface area (Å²) < 4.78 is 76.8. The molecule has 9 heteroatoms. The molecule has 1 fully saturated rings. The SMILES string of the molecule is [C-]#[N+]c1cc(N2CCC(C(F)(F)F)CC2)c(C(F)(F)F)cn1. The van der Waals surface area contributed by atoms with Gasteiger partial charge in [-0.3, -0.25) is 0 Å². The van der Waals surface area contributed by atoms with Crippen molar-refractivity contribution in [2.75, 3.05) is 18.0 Å². The number of aromatic nitrogens is 1. The average molecular weight is 323 g/mol. The minimum Gasteiger partial charge on any atom is -0.372 e. The zero-order chi connectivity index (χ0) is 16.5. The van der Waals surface area contributed by atoms with Gasteiger partial charge in [0.05, 0.1) is 5.92 Å². The molecule has 2 rings (SSSR count). The van der Waals surface area contributed by atoms with Crippen LogP contribution in [0.1, 0.15) is 18.4 Å². The second-order valence-electron chi connectivity index (χ2n) is 4.97. The van der Waals surface area contributed by atoms with Gasteiger partial charge in [0.25, 0.3) is 5.82 Å². The first-order valence-corrected chi connectivity index (χ1v) is 6.39. The van der Waals surface area contributed by atoms with Crippen molar-refractivity contribution < 1.29 is 26.3 Å². The molecule has 0 amide bonds. The van der Waals surface area contributed by atoms with Crippen molar-refractivity contribution in [1.29, 1.82) is 0 Å². The van der Waals surface area contributed by atoms with Crippen LogP contribution in [0.4, 0.5) is 37.8 Å². The first-order chi connectivity index (χ1) is 10.1. The Labute approximate surface area is 122 Å². The van der Waals surface area contributed by atoms with E-state index in [0.717, 1.165) is 6.07 Å². The number of nitrogens with zero attached hydrogens (tertiary/aromatic N) is 3. The molecule has 1 aliphatic heterocycles. The standard InChI is InChI=1S/C13H11F6N3/c1-20-11-6-10(9(7-21-11)13(17,18)19)22-4-2-8(3-5-22)12(14,15)16/h6-8H,2-5H2. The minimum atomic E-state index is -4.68. The average Bonchev–Trinajstić information content (AvgIpc) is 2.45. The molecule has 3 nitrogen and oxygen atoms in total. The van der Waals surface area contributed by atoms with E-state index in [9.17, 15) is 26.3 Å². The lowest BCUT2D eigenvalue weighted by Crippen LogP contribution is -2.39. The molecule has 1 saturated heterocycles. The fourth-order valence-electron chi connectivity index (χ4n) is 2.42. The molecule has 0 atom stereocenters. The summed E-state index contributed by atoms with van der Waals surface area (Å²) in [4.78, 5) is 7.60. The summed E-state index contributed by atoms with van der Waals surface area (Å²) in [5, 5.41) is 0. The van der Waals surface area contributed by atoms with Crippen LogP contribution in [-0.2, 0) is 6.18 Å². The molecule has 1 aromatic rings. The van der Waals surface area contributed by atoms with Crippen molar-refractivity contribution in [3.63, 3.8) is 0 Å². The molecule has 2 heterocycles. The van der Waals surface area contributed by atoms with Crippen LogP contribution in [0.15, 0.2) is 12.3 Å². The second kappa shape index (κ2) is 5.66. The van der Waals surface area contributed by atoms with Crippen molar-refractivity contribution in [3.05, 3.63) is 29.2 Å². The zero-order valence-corrected chi connectivity index (χ0v) is 11.2. The van der Waals surface area contributed by atoms with Gasteiger partial charge in [-0.25, -0.2) is 0 Å². The number of pyridine rings is 1. The summed E-state index contributed by atoms with van der Waals surface area (Å²) in [6, 6.07) is 0.976. The summed E-state index contributed by atoms with van der Waals surface area (Å²) in [7, 11) is 0. The van der Waals surface area contributed by atoms with Gasteiger partial charge in [-0.2, -0.15) is 26.3 Å². The highest BCUT2D eigenvalue weighted by atomic mass is 19.4. The van der Waals surface area contributed by atoms with E-state index in [1.165, 1.54) is 4.90 Å². The maximum Gasteiger partial charge on any atom is 0.421 e. The quantitative estimate of drug-likeness (QED) is 0.563. The third-order valence-corrected chi connectivity index (χ3v) is 3.59. The minimum absolute atomic E-state index is 0.144. The fraction of sp³-hybridized carbons (Fsp3) is 0.538. The summed E-state index contributed by atoms with van der Waals surface area (Å²) in [6.07, 6.45) is -8.99. The van der Waals surface area contributed by atoms with Gasteiger partial charge in [-0.05, 0) is 18.9 Å². The largest absolute Gasteiger partial charge is 0.421 e. The number of alkyl halides is 6. The van der Waals surface area contributed by atoms with Crippen LogP contribution in [0.2, 0.25) is 0 Å². The van der Waals surface area contributed by atoms with Crippen LogP contribution >= 0.6 is 0 Å². The highest BCUT2D eigenvalue weighted by Gasteiger charge is 2.42. The highest BCUT2D eigenvalue weighted by Crippen LogP contribution is 2.41. The van der Waals surface area contributed by atoms with E-state index in [1.807, 2.05) is 0 Å². The first kappa shape index (κ1) is 16.4. The lowest BCUT2D eigenvalue weighted by atomic mass is 9.95. The summed E-state index contributed by atoms with van der Waals surface area (Å²) in [6.45, 7) is 6.52. The van der Waals surface area contributed by atoms with Gasteiger partial charge < -0.3 is 9.74 Å². The number of piperidine rings is 1. The third-order valence-electron chi connectivity index (χ3n) is 3.59. The Kier molecular flexibility index (Phi) is 4.22. The summed E-state index contributed by atoms with van der Waals surface area (Å²) in [5.74, 6) is -1.72. The molecule has 0 spiro atoms.